The van der Waals surface area contributed by atoms with Crippen molar-refractivity contribution in [3.05, 3.63) is 48.3 Å². The Morgan fingerprint density at radius 2 is 2.14 bits per heavy atom. The summed E-state index contributed by atoms with van der Waals surface area (Å²) in [4.78, 5) is 22.1. The van der Waals surface area contributed by atoms with Crippen molar-refractivity contribution < 1.29 is 14.7 Å². The van der Waals surface area contributed by atoms with Gasteiger partial charge in [0, 0.05) is 18.8 Å². The molecule has 1 aromatic carbocycles. The van der Waals surface area contributed by atoms with E-state index in [-0.39, 0.29) is 24.8 Å². The highest BCUT2D eigenvalue weighted by Crippen LogP contribution is 2.16. The molecule has 0 saturated heterocycles. The quantitative estimate of drug-likeness (QED) is 0.850. The third-order valence-electron chi connectivity index (χ3n) is 3.08. The third kappa shape index (κ3) is 4.17. The second kappa shape index (κ2) is 6.69. The average molecular weight is 287 g/mol. The fourth-order valence-electron chi connectivity index (χ4n) is 1.98. The SMILES string of the molecule is CC(NC(=O)CCC(=O)O)c1cccc(-n2cccn2)c1. The van der Waals surface area contributed by atoms with E-state index >= 15 is 0 Å². The molecule has 2 aromatic rings. The van der Waals surface area contributed by atoms with E-state index in [9.17, 15) is 9.59 Å². The van der Waals surface area contributed by atoms with E-state index in [1.807, 2.05) is 43.5 Å². The predicted octanol–water partition coefficient (Wildman–Crippen LogP) is 1.91. The molecule has 1 atom stereocenters. The van der Waals surface area contributed by atoms with Crippen LogP contribution < -0.4 is 5.32 Å². The Morgan fingerprint density at radius 3 is 2.81 bits per heavy atom. The number of carbonyl (C=O) groups excluding carboxylic acids is 1. The first-order valence-electron chi connectivity index (χ1n) is 6.67. The number of hydrogen-bond donors (Lipinski definition) is 2. The summed E-state index contributed by atoms with van der Waals surface area (Å²) in [6.45, 7) is 1.86. The van der Waals surface area contributed by atoms with E-state index in [4.69, 9.17) is 5.11 Å². The van der Waals surface area contributed by atoms with Gasteiger partial charge in [0.2, 0.25) is 5.91 Å². The minimum absolute atomic E-state index is 0.0154. The highest BCUT2D eigenvalue weighted by molar-refractivity contribution is 5.80. The lowest BCUT2D eigenvalue weighted by molar-refractivity contribution is -0.138. The normalized spacial score (nSPS) is 11.9. The van der Waals surface area contributed by atoms with Gasteiger partial charge in [0.05, 0.1) is 18.2 Å². The maximum atomic E-state index is 11.7. The van der Waals surface area contributed by atoms with Gasteiger partial charge in [-0.05, 0) is 30.7 Å². The Hall–Kier alpha value is -2.63. The van der Waals surface area contributed by atoms with Gasteiger partial charge in [-0.2, -0.15) is 5.10 Å². The highest BCUT2D eigenvalue weighted by Gasteiger charge is 2.11. The fraction of sp³-hybridized carbons (Fsp3) is 0.267. The van der Waals surface area contributed by atoms with Crippen molar-refractivity contribution in [3.8, 4) is 5.69 Å². The number of rotatable bonds is 6. The lowest BCUT2D eigenvalue weighted by Crippen LogP contribution is -2.27. The molecule has 1 heterocycles. The molecule has 0 radical (unpaired) electrons. The summed E-state index contributed by atoms with van der Waals surface area (Å²) in [5, 5.41) is 15.5. The molecule has 110 valence electrons. The van der Waals surface area contributed by atoms with Crippen LogP contribution in [0.2, 0.25) is 0 Å². The van der Waals surface area contributed by atoms with Gasteiger partial charge in [0.1, 0.15) is 0 Å². The number of carbonyl (C=O) groups is 2. The number of benzene rings is 1. The molecule has 0 aliphatic heterocycles. The van der Waals surface area contributed by atoms with Gasteiger partial charge in [-0.1, -0.05) is 12.1 Å². The van der Waals surface area contributed by atoms with Crippen LogP contribution in [-0.2, 0) is 9.59 Å². The summed E-state index contributed by atoms with van der Waals surface area (Å²) >= 11 is 0. The van der Waals surface area contributed by atoms with Crippen LogP contribution in [0.1, 0.15) is 31.4 Å². The lowest BCUT2D eigenvalue weighted by Gasteiger charge is -2.15. The number of carboxylic acids is 1. The van der Waals surface area contributed by atoms with Crippen molar-refractivity contribution in [1.82, 2.24) is 15.1 Å². The Labute approximate surface area is 122 Å². The molecule has 6 nitrogen and oxygen atoms in total. The highest BCUT2D eigenvalue weighted by atomic mass is 16.4. The summed E-state index contributed by atoms with van der Waals surface area (Å²) < 4.78 is 1.74. The van der Waals surface area contributed by atoms with Gasteiger partial charge in [-0.3, -0.25) is 9.59 Å². The van der Waals surface area contributed by atoms with Crippen molar-refractivity contribution >= 4 is 11.9 Å². The zero-order valence-electron chi connectivity index (χ0n) is 11.7. The molecule has 1 aromatic heterocycles. The van der Waals surface area contributed by atoms with Crippen LogP contribution in [0.15, 0.2) is 42.7 Å². The molecule has 0 spiro atoms. The number of nitrogens with zero attached hydrogens (tertiary/aromatic N) is 2. The lowest BCUT2D eigenvalue weighted by atomic mass is 10.1. The smallest absolute Gasteiger partial charge is 0.303 e. The van der Waals surface area contributed by atoms with Gasteiger partial charge in [0.25, 0.3) is 0 Å². The molecule has 2 rings (SSSR count). The van der Waals surface area contributed by atoms with Gasteiger partial charge >= 0.3 is 5.97 Å². The van der Waals surface area contributed by atoms with Gasteiger partial charge in [-0.25, -0.2) is 4.68 Å². The molecular formula is C15H17N3O3. The van der Waals surface area contributed by atoms with E-state index < -0.39 is 5.97 Å². The number of nitrogens with one attached hydrogen (secondary N) is 1. The maximum Gasteiger partial charge on any atom is 0.303 e. The minimum Gasteiger partial charge on any atom is -0.481 e. The van der Waals surface area contributed by atoms with Crippen LogP contribution in [0, 0.1) is 0 Å². The minimum atomic E-state index is -0.974. The molecule has 0 aliphatic carbocycles. The molecule has 0 bridgehead atoms. The molecule has 0 saturated carbocycles. The summed E-state index contributed by atoms with van der Waals surface area (Å²) in [7, 11) is 0. The first-order valence-corrected chi connectivity index (χ1v) is 6.67. The van der Waals surface area contributed by atoms with Crippen molar-refractivity contribution in [2.24, 2.45) is 0 Å². The molecule has 0 aliphatic rings. The van der Waals surface area contributed by atoms with E-state index in [1.54, 1.807) is 10.9 Å². The standard InChI is InChI=1S/C15H17N3O3/c1-11(17-14(19)6-7-15(20)21)12-4-2-5-13(10-12)18-9-3-8-16-18/h2-5,8-11H,6-7H2,1H3,(H,17,19)(H,20,21). The first kappa shape index (κ1) is 14.8. The largest absolute Gasteiger partial charge is 0.481 e. The van der Waals surface area contributed by atoms with E-state index in [2.05, 4.69) is 10.4 Å². The van der Waals surface area contributed by atoms with Crippen molar-refractivity contribution in [2.45, 2.75) is 25.8 Å². The molecule has 1 amide bonds. The Kier molecular flexibility index (Phi) is 4.71. The van der Waals surface area contributed by atoms with Crippen LogP contribution >= 0.6 is 0 Å². The maximum absolute atomic E-state index is 11.7. The molecular weight excluding hydrogens is 270 g/mol. The molecule has 2 N–H and O–H groups in total. The number of aliphatic carboxylic acids is 1. The number of hydrogen-bond acceptors (Lipinski definition) is 3. The average Bonchev–Trinajstić information content (AvgIpc) is 2.99. The Balaban J connectivity index is 2.02. The third-order valence-corrected chi connectivity index (χ3v) is 3.08. The summed E-state index contributed by atoms with van der Waals surface area (Å²) in [6, 6.07) is 9.32. The van der Waals surface area contributed by atoms with Crippen LogP contribution in [-0.4, -0.2) is 26.8 Å². The molecule has 1 unspecified atom stereocenters. The topological polar surface area (TPSA) is 84.2 Å². The van der Waals surface area contributed by atoms with Gasteiger partial charge in [-0.15, -0.1) is 0 Å². The monoisotopic (exact) mass is 287 g/mol. The number of amides is 1. The zero-order valence-corrected chi connectivity index (χ0v) is 11.7. The number of carboxylic acid groups (broad SMARTS) is 1. The zero-order chi connectivity index (χ0) is 15.2. The van der Waals surface area contributed by atoms with E-state index in [0.717, 1.165) is 11.3 Å². The summed E-state index contributed by atoms with van der Waals surface area (Å²) in [5.74, 6) is -1.24. The van der Waals surface area contributed by atoms with Crippen molar-refractivity contribution in [3.63, 3.8) is 0 Å². The Bertz CT molecular complexity index is 623. The van der Waals surface area contributed by atoms with Crippen molar-refractivity contribution in [1.29, 1.82) is 0 Å². The fourth-order valence-corrected chi connectivity index (χ4v) is 1.98. The molecule has 21 heavy (non-hydrogen) atoms. The predicted molar refractivity (Wildman–Crippen MR) is 77.0 cm³/mol. The van der Waals surface area contributed by atoms with Gasteiger partial charge in [0.15, 0.2) is 0 Å². The first-order chi connectivity index (χ1) is 10.1. The molecule has 6 heteroatoms. The summed E-state index contributed by atoms with van der Waals surface area (Å²) in [6.07, 6.45) is 3.36. The van der Waals surface area contributed by atoms with E-state index in [1.165, 1.54) is 0 Å². The van der Waals surface area contributed by atoms with Crippen LogP contribution in [0.25, 0.3) is 5.69 Å². The van der Waals surface area contributed by atoms with Crippen molar-refractivity contribution in [2.75, 3.05) is 0 Å². The van der Waals surface area contributed by atoms with Crippen LogP contribution in [0.3, 0.4) is 0 Å². The second-order valence-corrected chi connectivity index (χ2v) is 4.73. The molecule has 0 fully saturated rings. The number of aromatic nitrogens is 2. The van der Waals surface area contributed by atoms with Crippen LogP contribution in [0.5, 0.6) is 0 Å². The van der Waals surface area contributed by atoms with Crippen LogP contribution in [0.4, 0.5) is 0 Å². The Morgan fingerprint density at radius 1 is 1.33 bits per heavy atom. The van der Waals surface area contributed by atoms with E-state index in [0.29, 0.717) is 0 Å². The summed E-state index contributed by atoms with van der Waals surface area (Å²) in [5.41, 5.74) is 1.84. The second-order valence-electron chi connectivity index (χ2n) is 4.73. The van der Waals surface area contributed by atoms with Gasteiger partial charge < -0.3 is 10.4 Å².